The number of nitrogens with zero attached hydrogens (tertiary/aromatic N) is 3. The minimum Gasteiger partial charge on any atom is -0.387 e. The van der Waals surface area contributed by atoms with Gasteiger partial charge in [0.05, 0.1) is 37.6 Å². The maximum Gasteiger partial charge on any atom is 0.469 e. The van der Waals surface area contributed by atoms with Crippen molar-refractivity contribution in [3.8, 4) is 11.1 Å². The average molecular weight is 573 g/mol. The highest BCUT2D eigenvalue weighted by molar-refractivity contribution is 7.46. The number of aromatic nitrogens is 3. The highest BCUT2D eigenvalue weighted by Crippen LogP contribution is 2.39. The number of rotatable bonds is 8. The number of benzene rings is 1. The van der Waals surface area contributed by atoms with Gasteiger partial charge in [0, 0.05) is 18.5 Å². The Morgan fingerprint density at radius 3 is 2.49 bits per heavy atom. The van der Waals surface area contributed by atoms with Crippen molar-refractivity contribution in [1.29, 1.82) is 0 Å². The van der Waals surface area contributed by atoms with Crippen molar-refractivity contribution in [3.63, 3.8) is 0 Å². The number of aliphatic hydroxyl groups excluding tert-OH is 1. The number of phosphoric ester groups is 1. The lowest BCUT2D eigenvalue weighted by Gasteiger charge is -2.27. The molecule has 12 nitrogen and oxygen atoms in total. The van der Waals surface area contributed by atoms with Gasteiger partial charge in [-0.3, -0.25) is 23.4 Å². The van der Waals surface area contributed by atoms with Crippen molar-refractivity contribution >= 4 is 7.82 Å². The second-order valence-corrected chi connectivity index (χ2v) is 10.1. The summed E-state index contributed by atoms with van der Waals surface area (Å²) in [6.07, 6.45) is -5.88. The Labute approximate surface area is 217 Å². The molecule has 1 saturated heterocycles. The van der Waals surface area contributed by atoms with Crippen LogP contribution >= 0.6 is 7.82 Å². The first-order chi connectivity index (χ1) is 18.2. The summed E-state index contributed by atoms with van der Waals surface area (Å²) < 4.78 is 64.2. The predicted octanol–water partition coefficient (Wildman–Crippen LogP) is 0.739. The molecule has 4 rings (SSSR count). The molecule has 3 aromatic rings. The van der Waals surface area contributed by atoms with E-state index >= 15 is 0 Å². The van der Waals surface area contributed by atoms with Crippen LogP contribution in [0.2, 0.25) is 0 Å². The van der Waals surface area contributed by atoms with E-state index in [-0.39, 0.29) is 11.1 Å². The first kappa shape index (κ1) is 28.8. The molecule has 3 atom stereocenters. The lowest BCUT2D eigenvalue weighted by Crippen LogP contribution is -2.51. The Kier molecular flexibility index (Phi) is 7.96. The van der Waals surface area contributed by atoms with Crippen LogP contribution in [-0.4, -0.2) is 65.1 Å². The van der Waals surface area contributed by atoms with Gasteiger partial charge < -0.3 is 24.7 Å². The third-order valence-corrected chi connectivity index (χ3v) is 6.63. The standard InChI is InChI=1S/C23H23F3N3O9P/c24-23(25,26)19-15(14-4-2-1-3-5-14)6-8-27-16(19)10-29-18(30)7-9-28(21(29)32)12-22(33)13-37-17(20(22)31)11-38-39(34,35)36/h1-9,17,20,31,33H,10-13H2,(H2,34,35,36)/t17-,20?,22?/m1/s1. The summed E-state index contributed by atoms with van der Waals surface area (Å²) >= 11 is 0. The van der Waals surface area contributed by atoms with Crippen LogP contribution in [0.3, 0.4) is 0 Å². The molecule has 2 unspecified atom stereocenters. The van der Waals surface area contributed by atoms with E-state index in [4.69, 9.17) is 14.5 Å². The van der Waals surface area contributed by atoms with Gasteiger partial charge in [-0.1, -0.05) is 30.3 Å². The molecule has 0 radical (unpaired) electrons. The summed E-state index contributed by atoms with van der Waals surface area (Å²) in [7, 11) is -4.90. The zero-order valence-corrected chi connectivity index (χ0v) is 20.8. The number of aliphatic hydroxyl groups is 2. The average Bonchev–Trinajstić information content (AvgIpc) is 3.15. The van der Waals surface area contributed by atoms with Gasteiger partial charge in [-0.15, -0.1) is 0 Å². The maximum absolute atomic E-state index is 14.2. The summed E-state index contributed by atoms with van der Waals surface area (Å²) in [6, 6.07) is 9.79. The van der Waals surface area contributed by atoms with Gasteiger partial charge in [-0.05, 0) is 17.2 Å². The summed E-state index contributed by atoms with van der Waals surface area (Å²) in [5.41, 5.74) is -5.83. The highest BCUT2D eigenvalue weighted by Gasteiger charge is 2.49. The number of hydrogen-bond donors (Lipinski definition) is 4. The van der Waals surface area contributed by atoms with Gasteiger partial charge in [-0.2, -0.15) is 13.2 Å². The van der Waals surface area contributed by atoms with Crippen molar-refractivity contribution in [3.05, 3.63) is 87.0 Å². The van der Waals surface area contributed by atoms with Gasteiger partial charge in [0.1, 0.15) is 17.8 Å². The first-order valence-corrected chi connectivity index (χ1v) is 12.9. The Balaban J connectivity index is 1.67. The molecule has 1 aliphatic rings. The summed E-state index contributed by atoms with van der Waals surface area (Å²) in [6.45, 7) is -2.85. The van der Waals surface area contributed by atoms with E-state index in [9.17, 15) is 37.5 Å². The van der Waals surface area contributed by atoms with Gasteiger partial charge in [-0.25, -0.2) is 9.36 Å². The third-order valence-electron chi connectivity index (χ3n) is 6.15. The minimum absolute atomic E-state index is 0.193. The number of alkyl halides is 3. The zero-order valence-electron chi connectivity index (χ0n) is 19.9. The van der Waals surface area contributed by atoms with E-state index in [0.717, 1.165) is 23.0 Å². The third kappa shape index (κ3) is 6.36. The van der Waals surface area contributed by atoms with Crippen molar-refractivity contribution in [2.24, 2.45) is 0 Å². The van der Waals surface area contributed by atoms with E-state index in [0.29, 0.717) is 4.57 Å². The van der Waals surface area contributed by atoms with Gasteiger partial charge in [0.25, 0.3) is 5.56 Å². The molecule has 1 aliphatic heterocycles. The van der Waals surface area contributed by atoms with E-state index in [2.05, 4.69) is 9.51 Å². The predicted molar refractivity (Wildman–Crippen MR) is 127 cm³/mol. The molecule has 1 aromatic carbocycles. The Morgan fingerprint density at radius 1 is 1.15 bits per heavy atom. The minimum atomic E-state index is -4.90. The van der Waals surface area contributed by atoms with Crippen LogP contribution < -0.4 is 11.2 Å². The normalized spacial score (nSPS) is 21.8. The SMILES string of the molecule is O=c1ccn(CC2(O)CO[C@H](COP(=O)(O)O)C2O)c(=O)n1Cc1nccc(-c2ccccc2)c1C(F)(F)F. The monoisotopic (exact) mass is 573 g/mol. The summed E-state index contributed by atoms with van der Waals surface area (Å²) in [4.78, 5) is 47.1. The fourth-order valence-electron chi connectivity index (χ4n) is 4.29. The molecular weight excluding hydrogens is 550 g/mol. The molecule has 0 bridgehead atoms. The Morgan fingerprint density at radius 2 is 1.85 bits per heavy atom. The first-order valence-electron chi connectivity index (χ1n) is 11.3. The van der Waals surface area contributed by atoms with Crippen LogP contribution in [0.5, 0.6) is 0 Å². The fourth-order valence-corrected chi connectivity index (χ4v) is 4.63. The van der Waals surface area contributed by atoms with Crippen LogP contribution in [0, 0.1) is 0 Å². The van der Waals surface area contributed by atoms with E-state index < -0.39 is 80.6 Å². The number of hydrogen-bond acceptors (Lipinski definition) is 8. The molecule has 2 aromatic heterocycles. The maximum atomic E-state index is 14.2. The molecule has 3 heterocycles. The molecule has 210 valence electrons. The highest BCUT2D eigenvalue weighted by atomic mass is 31.2. The van der Waals surface area contributed by atoms with E-state index in [1.165, 1.54) is 18.2 Å². The van der Waals surface area contributed by atoms with Crippen LogP contribution in [0.1, 0.15) is 11.3 Å². The molecule has 0 amide bonds. The quantitative estimate of drug-likeness (QED) is 0.282. The van der Waals surface area contributed by atoms with Gasteiger partial charge in [0.2, 0.25) is 0 Å². The molecule has 0 spiro atoms. The summed E-state index contributed by atoms with van der Waals surface area (Å²) in [5, 5.41) is 21.3. The van der Waals surface area contributed by atoms with Crippen LogP contribution in [0.25, 0.3) is 11.1 Å². The number of ether oxygens (including phenoxy) is 1. The second-order valence-electron chi connectivity index (χ2n) is 8.88. The Bertz CT molecular complexity index is 1510. The Hall–Kier alpha value is -3.17. The van der Waals surface area contributed by atoms with Crippen LogP contribution in [-0.2, 0) is 33.1 Å². The van der Waals surface area contributed by atoms with Crippen molar-refractivity contribution in [1.82, 2.24) is 14.1 Å². The lowest BCUT2D eigenvalue weighted by atomic mass is 9.96. The van der Waals surface area contributed by atoms with Crippen LogP contribution in [0.15, 0.2) is 64.4 Å². The van der Waals surface area contributed by atoms with E-state index in [1.54, 1.807) is 18.2 Å². The molecule has 4 N–H and O–H groups in total. The second kappa shape index (κ2) is 10.8. The van der Waals surface area contributed by atoms with Gasteiger partial charge in [0.15, 0.2) is 0 Å². The fraction of sp³-hybridized carbons (Fsp3) is 0.348. The molecule has 0 aliphatic carbocycles. The lowest BCUT2D eigenvalue weighted by molar-refractivity contribution is -0.138. The summed E-state index contributed by atoms with van der Waals surface area (Å²) in [5.74, 6) is 0. The van der Waals surface area contributed by atoms with Crippen LogP contribution in [0.4, 0.5) is 13.2 Å². The molecule has 39 heavy (non-hydrogen) atoms. The van der Waals surface area contributed by atoms with E-state index in [1.807, 2.05) is 0 Å². The number of phosphoric acid groups is 1. The largest absolute Gasteiger partial charge is 0.469 e. The molecule has 0 saturated carbocycles. The van der Waals surface area contributed by atoms with Crippen molar-refractivity contribution in [2.45, 2.75) is 37.1 Å². The van der Waals surface area contributed by atoms with Crippen molar-refractivity contribution in [2.75, 3.05) is 13.2 Å². The molecule has 1 fully saturated rings. The number of pyridine rings is 1. The molecule has 16 heteroatoms. The topological polar surface area (TPSA) is 173 Å². The zero-order chi connectivity index (χ0) is 28.6. The number of halogens is 3. The molecular formula is C23H23F3N3O9P. The smallest absolute Gasteiger partial charge is 0.387 e. The van der Waals surface area contributed by atoms with Gasteiger partial charge >= 0.3 is 19.7 Å². The van der Waals surface area contributed by atoms with Crippen molar-refractivity contribution < 1.29 is 47.0 Å².